The second-order valence-corrected chi connectivity index (χ2v) is 12.7. The van der Waals surface area contributed by atoms with Crippen molar-refractivity contribution in [3.8, 4) is 0 Å². The molecule has 0 saturated heterocycles. The highest BCUT2D eigenvalue weighted by atomic mass is 16.5. The Morgan fingerprint density at radius 1 is 0.457 bits per heavy atom. The smallest absolute Gasteiger partial charge is 0.305 e. The first-order valence-electron chi connectivity index (χ1n) is 18.0. The second kappa shape index (κ2) is 30.2. The van der Waals surface area contributed by atoms with Crippen molar-refractivity contribution in [2.24, 2.45) is 0 Å². The van der Waals surface area contributed by atoms with Gasteiger partial charge in [-0.3, -0.25) is 19.2 Å². The van der Waals surface area contributed by atoms with Crippen LogP contribution in [0.15, 0.2) is 0 Å². The van der Waals surface area contributed by atoms with Crippen LogP contribution in [0.2, 0.25) is 0 Å². The molecular weight excluding hydrogens is 588 g/mol. The summed E-state index contributed by atoms with van der Waals surface area (Å²) in [4.78, 5) is 50.7. The van der Waals surface area contributed by atoms with Gasteiger partial charge in [-0.15, -0.1) is 0 Å². The molecule has 2 amide bonds. The number of hydrogen-bond acceptors (Lipinski definition) is 8. The third-order valence-electron chi connectivity index (χ3n) is 8.66. The number of ether oxygens (including phenoxy) is 4. The number of esters is 2. The number of methoxy groups -OCH3 is 2. The molecule has 0 aliphatic heterocycles. The topological polar surface area (TPSA) is 112 Å². The van der Waals surface area contributed by atoms with E-state index < -0.39 is 0 Å². The second-order valence-electron chi connectivity index (χ2n) is 12.7. The van der Waals surface area contributed by atoms with E-state index in [1.165, 1.54) is 65.6 Å². The van der Waals surface area contributed by atoms with E-state index in [0.717, 1.165) is 77.3 Å². The Labute approximate surface area is 280 Å². The Bertz CT molecular complexity index is 730. The molecule has 10 nitrogen and oxygen atoms in total. The highest BCUT2D eigenvalue weighted by Crippen LogP contribution is 2.13. The molecule has 0 aromatic rings. The Morgan fingerprint density at radius 3 is 1.00 bits per heavy atom. The summed E-state index contributed by atoms with van der Waals surface area (Å²) in [6.45, 7) is 5.18. The molecule has 0 heterocycles. The molecule has 10 heteroatoms. The lowest BCUT2D eigenvalue weighted by Crippen LogP contribution is -2.37. The number of amides is 2. The van der Waals surface area contributed by atoms with Gasteiger partial charge in [-0.25, -0.2) is 0 Å². The van der Waals surface area contributed by atoms with Crippen molar-refractivity contribution in [3.63, 3.8) is 0 Å². The Hall–Kier alpha value is -2.20. The number of rotatable bonds is 31. The monoisotopic (exact) mass is 656 g/mol. The molecule has 0 aromatic carbocycles. The largest absolute Gasteiger partial charge is 0.469 e. The van der Waals surface area contributed by atoms with E-state index in [1.54, 1.807) is 9.80 Å². The fourth-order valence-electron chi connectivity index (χ4n) is 5.06. The van der Waals surface area contributed by atoms with Crippen LogP contribution in [0, 0.1) is 0 Å². The van der Waals surface area contributed by atoms with Crippen LogP contribution in [0.5, 0.6) is 0 Å². The number of nitrogens with zero attached hydrogens (tertiary/aromatic N) is 2. The molecule has 0 aliphatic carbocycles. The van der Waals surface area contributed by atoms with Crippen LogP contribution in [0.3, 0.4) is 0 Å². The van der Waals surface area contributed by atoms with Gasteiger partial charge in [0.2, 0.25) is 11.8 Å². The molecule has 0 unspecified atom stereocenters. The predicted octanol–water partition coefficient (Wildman–Crippen LogP) is 6.86. The molecule has 0 aliphatic rings. The molecule has 270 valence electrons. The van der Waals surface area contributed by atoms with Crippen LogP contribution >= 0.6 is 0 Å². The summed E-state index contributed by atoms with van der Waals surface area (Å²) in [5.74, 6) is -0.332. The van der Waals surface area contributed by atoms with Crippen LogP contribution < -0.4 is 0 Å². The van der Waals surface area contributed by atoms with Gasteiger partial charge in [0.05, 0.1) is 26.4 Å². The molecule has 0 fully saturated rings. The molecule has 2 atom stereocenters. The van der Waals surface area contributed by atoms with Gasteiger partial charge >= 0.3 is 11.9 Å². The Kier molecular flexibility index (Phi) is 28.7. The van der Waals surface area contributed by atoms with Gasteiger partial charge in [0, 0.05) is 40.0 Å². The first-order valence-corrected chi connectivity index (χ1v) is 18.0. The van der Waals surface area contributed by atoms with E-state index in [2.05, 4.69) is 9.47 Å². The van der Waals surface area contributed by atoms with Crippen molar-refractivity contribution < 1.29 is 38.1 Å². The zero-order chi connectivity index (χ0) is 34.4. The lowest BCUT2D eigenvalue weighted by atomic mass is 10.1. The van der Waals surface area contributed by atoms with Crippen molar-refractivity contribution in [3.05, 3.63) is 0 Å². The van der Waals surface area contributed by atoms with Crippen LogP contribution in [0.4, 0.5) is 0 Å². The summed E-state index contributed by atoms with van der Waals surface area (Å²) in [6, 6.07) is 0. The molecule has 0 aromatic heterocycles. The van der Waals surface area contributed by atoms with Crippen molar-refractivity contribution >= 4 is 23.8 Å². The van der Waals surface area contributed by atoms with Crippen LogP contribution in [-0.4, -0.2) is 100 Å². The van der Waals surface area contributed by atoms with Gasteiger partial charge in [0.1, 0.15) is 13.2 Å². The summed E-state index contributed by atoms with van der Waals surface area (Å²) < 4.78 is 20.8. The fourth-order valence-corrected chi connectivity index (χ4v) is 5.06. The maximum absolute atomic E-state index is 12.5. The minimum atomic E-state index is -0.302. The zero-order valence-corrected chi connectivity index (χ0v) is 30.3. The van der Waals surface area contributed by atoms with Crippen molar-refractivity contribution in [1.82, 2.24) is 9.80 Å². The molecule has 0 radical (unpaired) electrons. The minimum absolute atomic E-state index is 0.00455. The molecule has 0 rings (SSSR count). The summed E-state index contributed by atoms with van der Waals surface area (Å²) >= 11 is 0. The molecule has 0 spiro atoms. The van der Waals surface area contributed by atoms with Gasteiger partial charge in [0.15, 0.2) is 0 Å². The van der Waals surface area contributed by atoms with E-state index >= 15 is 0 Å². The van der Waals surface area contributed by atoms with E-state index in [9.17, 15) is 19.2 Å². The van der Waals surface area contributed by atoms with Gasteiger partial charge in [-0.1, -0.05) is 89.9 Å². The highest BCUT2D eigenvalue weighted by Gasteiger charge is 2.19. The maximum atomic E-state index is 12.5. The quantitative estimate of drug-likeness (QED) is 0.0588. The van der Waals surface area contributed by atoms with E-state index in [-0.39, 0.29) is 49.2 Å². The van der Waals surface area contributed by atoms with Crippen LogP contribution in [-0.2, 0) is 38.1 Å². The number of likely N-dealkylation sites (N-methyl/N-ethyl adjacent to an activating group) is 2. The molecular formula is C36H68N2O8. The van der Waals surface area contributed by atoms with Gasteiger partial charge in [0.25, 0.3) is 0 Å². The minimum Gasteiger partial charge on any atom is -0.469 e. The highest BCUT2D eigenvalue weighted by molar-refractivity contribution is 5.77. The van der Waals surface area contributed by atoms with Gasteiger partial charge < -0.3 is 28.7 Å². The van der Waals surface area contributed by atoms with Crippen molar-refractivity contribution in [2.75, 3.05) is 54.6 Å². The number of unbranched alkanes of at least 4 members (excludes halogenated alkanes) is 16. The summed E-state index contributed by atoms with van der Waals surface area (Å²) in [6.07, 6.45) is 20.5. The zero-order valence-electron chi connectivity index (χ0n) is 30.3. The average Bonchev–Trinajstić information content (AvgIpc) is 3.06. The fraction of sp³-hybridized carbons (Fsp3) is 0.889. The normalized spacial score (nSPS) is 12.4. The van der Waals surface area contributed by atoms with Crippen molar-refractivity contribution in [2.45, 2.75) is 154 Å². The van der Waals surface area contributed by atoms with Gasteiger partial charge in [-0.05, 0) is 39.5 Å². The lowest BCUT2D eigenvalue weighted by Gasteiger charge is -2.24. The predicted molar refractivity (Wildman–Crippen MR) is 182 cm³/mol. The number of carbonyl (C=O) groups is 4. The third-order valence-corrected chi connectivity index (χ3v) is 8.66. The molecule has 46 heavy (non-hydrogen) atoms. The van der Waals surface area contributed by atoms with E-state index in [1.807, 2.05) is 27.9 Å². The average molecular weight is 657 g/mol. The molecule has 0 N–H and O–H groups in total. The maximum Gasteiger partial charge on any atom is 0.305 e. The summed E-state index contributed by atoms with van der Waals surface area (Å²) in [7, 11) is 6.50. The Balaban J connectivity index is 3.78. The SMILES string of the molecule is COC(=O)CCCCCCCCCCCN(C)C(=O)CO[C@H](C)[C@@H](C)OCC(=O)N(C)CCCCCCCCCCCC(=O)OC. The molecule has 0 bridgehead atoms. The standard InChI is InChI=1S/C36H68N2O8/c1-31(45-29-33(39)37(3)27-23-19-15-11-7-9-13-17-21-25-35(41)43-5)32(2)46-30-34(40)38(4)28-24-20-16-12-8-10-14-18-22-26-36(42)44-6/h31-32H,7-30H2,1-6H3/t31-,32-/m1/s1. The first-order chi connectivity index (χ1) is 22.1. The van der Waals surface area contributed by atoms with Crippen molar-refractivity contribution in [1.29, 1.82) is 0 Å². The number of carbonyl (C=O) groups excluding carboxylic acids is 4. The van der Waals surface area contributed by atoms with Crippen LogP contribution in [0.1, 0.15) is 142 Å². The molecule has 0 saturated carbocycles. The summed E-state index contributed by atoms with van der Waals surface area (Å²) in [5, 5.41) is 0. The lowest BCUT2D eigenvalue weighted by molar-refractivity contribution is -0.145. The van der Waals surface area contributed by atoms with Gasteiger partial charge in [-0.2, -0.15) is 0 Å². The number of hydrogen-bond donors (Lipinski definition) is 0. The van der Waals surface area contributed by atoms with E-state index in [0.29, 0.717) is 12.8 Å². The first kappa shape index (κ1) is 43.8. The third kappa shape index (κ3) is 25.9. The Morgan fingerprint density at radius 2 is 0.717 bits per heavy atom. The summed E-state index contributed by atoms with van der Waals surface area (Å²) in [5.41, 5.74) is 0. The van der Waals surface area contributed by atoms with E-state index in [4.69, 9.17) is 9.47 Å². The van der Waals surface area contributed by atoms with Crippen LogP contribution in [0.25, 0.3) is 0 Å².